The predicted molar refractivity (Wildman–Crippen MR) is 91.6 cm³/mol. The first kappa shape index (κ1) is 18.7. The van der Waals surface area contributed by atoms with Gasteiger partial charge in [-0.3, -0.25) is 14.9 Å². The topological polar surface area (TPSA) is 81.5 Å². The van der Waals surface area contributed by atoms with E-state index in [1.165, 1.54) is 42.5 Å². The van der Waals surface area contributed by atoms with Gasteiger partial charge in [0.25, 0.3) is 11.6 Å². The van der Waals surface area contributed by atoms with Crippen molar-refractivity contribution < 1.29 is 18.8 Å². The fourth-order valence-electron chi connectivity index (χ4n) is 2.09. The SMILES string of the molecule is O=C(NCCCCOc1ccc(F)cc1)c1cc(Cl)ccc1[N+](=O)[O-]. The molecule has 0 unspecified atom stereocenters. The third-order valence-corrected chi connectivity index (χ3v) is 3.57. The summed E-state index contributed by atoms with van der Waals surface area (Å²) >= 11 is 5.79. The van der Waals surface area contributed by atoms with Gasteiger partial charge in [-0.05, 0) is 49.2 Å². The lowest BCUT2D eigenvalue weighted by atomic mass is 10.1. The maximum Gasteiger partial charge on any atom is 0.282 e. The summed E-state index contributed by atoms with van der Waals surface area (Å²) in [6.07, 6.45) is 1.29. The number of nitrogens with one attached hydrogen (secondary N) is 1. The molecule has 0 fully saturated rings. The van der Waals surface area contributed by atoms with Crippen LogP contribution in [0, 0.1) is 15.9 Å². The minimum absolute atomic E-state index is 0.0694. The Morgan fingerprint density at radius 1 is 1.20 bits per heavy atom. The van der Waals surface area contributed by atoms with Crippen LogP contribution in [0.5, 0.6) is 5.75 Å². The molecule has 0 aromatic heterocycles. The highest BCUT2D eigenvalue weighted by Gasteiger charge is 2.19. The summed E-state index contributed by atoms with van der Waals surface area (Å²) in [5.41, 5.74) is -0.360. The molecule has 25 heavy (non-hydrogen) atoms. The van der Waals surface area contributed by atoms with E-state index in [2.05, 4.69) is 5.32 Å². The molecule has 0 bridgehead atoms. The van der Waals surface area contributed by atoms with Crippen molar-refractivity contribution in [1.29, 1.82) is 0 Å². The van der Waals surface area contributed by atoms with Gasteiger partial charge in [-0.2, -0.15) is 0 Å². The summed E-state index contributed by atoms with van der Waals surface area (Å²) < 4.78 is 18.2. The molecule has 132 valence electrons. The van der Waals surface area contributed by atoms with Crippen LogP contribution in [0.15, 0.2) is 42.5 Å². The second kappa shape index (κ2) is 8.98. The average molecular weight is 367 g/mol. The van der Waals surface area contributed by atoms with Crippen LogP contribution in [0.1, 0.15) is 23.2 Å². The van der Waals surface area contributed by atoms with Gasteiger partial charge in [0.05, 0.1) is 11.5 Å². The summed E-state index contributed by atoms with van der Waals surface area (Å²) in [6, 6.07) is 9.54. The van der Waals surface area contributed by atoms with Crippen LogP contribution in [-0.2, 0) is 0 Å². The average Bonchev–Trinajstić information content (AvgIpc) is 2.59. The first-order chi connectivity index (χ1) is 12.0. The zero-order valence-corrected chi connectivity index (χ0v) is 14.0. The zero-order chi connectivity index (χ0) is 18.2. The smallest absolute Gasteiger partial charge is 0.282 e. The molecule has 0 aliphatic rings. The molecule has 0 heterocycles. The number of hydrogen-bond acceptors (Lipinski definition) is 4. The van der Waals surface area contributed by atoms with E-state index < -0.39 is 10.8 Å². The number of amides is 1. The van der Waals surface area contributed by atoms with Crippen molar-refractivity contribution in [3.8, 4) is 5.75 Å². The van der Waals surface area contributed by atoms with E-state index in [0.29, 0.717) is 31.7 Å². The Kier molecular flexibility index (Phi) is 6.71. The first-order valence-electron chi connectivity index (χ1n) is 7.58. The molecule has 0 aliphatic heterocycles. The third-order valence-electron chi connectivity index (χ3n) is 3.34. The number of rotatable bonds is 8. The van der Waals surface area contributed by atoms with E-state index in [4.69, 9.17) is 16.3 Å². The number of nitro groups is 1. The van der Waals surface area contributed by atoms with Crippen molar-refractivity contribution >= 4 is 23.2 Å². The number of hydrogen-bond donors (Lipinski definition) is 1. The highest BCUT2D eigenvalue weighted by molar-refractivity contribution is 6.31. The Hall–Kier alpha value is -2.67. The van der Waals surface area contributed by atoms with Gasteiger partial charge in [-0.15, -0.1) is 0 Å². The second-order valence-electron chi connectivity index (χ2n) is 5.18. The van der Waals surface area contributed by atoms with E-state index in [0.717, 1.165) is 0 Å². The monoisotopic (exact) mass is 366 g/mol. The Morgan fingerprint density at radius 3 is 2.60 bits per heavy atom. The number of benzene rings is 2. The van der Waals surface area contributed by atoms with Crippen molar-refractivity contribution in [2.24, 2.45) is 0 Å². The van der Waals surface area contributed by atoms with E-state index in [1.807, 2.05) is 0 Å². The summed E-state index contributed by atoms with van der Waals surface area (Å²) in [5, 5.41) is 13.8. The van der Waals surface area contributed by atoms with Gasteiger partial charge in [0.15, 0.2) is 0 Å². The number of ether oxygens (including phenoxy) is 1. The van der Waals surface area contributed by atoms with Gasteiger partial charge in [0.2, 0.25) is 0 Å². The molecule has 1 amide bonds. The van der Waals surface area contributed by atoms with Crippen LogP contribution in [0.3, 0.4) is 0 Å². The van der Waals surface area contributed by atoms with Crippen molar-refractivity contribution in [3.63, 3.8) is 0 Å². The molecule has 0 atom stereocenters. The number of carbonyl (C=O) groups excluding carboxylic acids is 1. The molecule has 8 heteroatoms. The van der Waals surface area contributed by atoms with Crippen LogP contribution < -0.4 is 10.1 Å². The van der Waals surface area contributed by atoms with Gasteiger partial charge in [-0.1, -0.05) is 11.6 Å². The first-order valence-corrected chi connectivity index (χ1v) is 7.95. The minimum atomic E-state index is -0.623. The summed E-state index contributed by atoms with van der Waals surface area (Å²) in [4.78, 5) is 22.4. The van der Waals surface area contributed by atoms with Gasteiger partial charge < -0.3 is 10.1 Å². The largest absolute Gasteiger partial charge is 0.494 e. The van der Waals surface area contributed by atoms with Crippen LogP contribution in [-0.4, -0.2) is 24.0 Å². The zero-order valence-electron chi connectivity index (χ0n) is 13.2. The van der Waals surface area contributed by atoms with Crippen LogP contribution in [0.25, 0.3) is 0 Å². The molecule has 2 aromatic carbocycles. The lowest BCUT2D eigenvalue weighted by molar-refractivity contribution is -0.385. The Balaban J connectivity index is 1.74. The Bertz CT molecular complexity index is 753. The van der Waals surface area contributed by atoms with Crippen LogP contribution >= 0.6 is 11.6 Å². The maximum absolute atomic E-state index is 12.7. The molecule has 6 nitrogen and oxygen atoms in total. The highest BCUT2D eigenvalue weighted by Crippen LogP contribution is 2.22. The second-order valence-corrected chi connectivity index (χ2v) is 5.62. The van der Waals surface area contributed by atoms with Gasteiger partial charge in [0, 0.05) is 17.6 Å². The van der Waals surface area contributed by atoms with Crippen LogP contribution in [0.2, 0.25) is 5.02 Å². The van der Waals surface area contributed by atoms with Gasteiger partial charge >= 0.3 is 0 Å². The Morgan fingerprint density at radius 2 is 1.92 bits per heavy atom. The normalized spacial score (nSPS) is 10.3. The number of unbranched alkanes of at least 4 members (excludes halogenated alkanes) is 1. The maximum atomic E-state index is 12.7. The predicted octanol–water partition coefficient (Wildman–Crippen LogP) is 3.98. The number of carbonyl (C=O) groups is 1. The molecule has 0 saturated carbocycles. The lowest BCUT2D eigenvalue weighted by Crippen LogP contribution is -2.25. The number of nitrogens with zero attached hydrogens (tertiary/aromatic N) is 1. The Labute approximate surface area is 148 Å². The third kappa shape index (κ3) is 5.72. The molecule has 0 aliphatic carbocycles. The lowest BCUT2D eigenvalue weighted by Gasteiger charge is -2.08. The molecular formula is C17H16ClFN2O4. The molecule has 1 N–H and O–H groups in total. The van der Waals surface area contributed by atoms with E-state index in [9.17, 15) is 19.3 Å². The fourth-order valence-corrected chi connectivity index (χ4v) is 2.27. The molecule has 0 saturated heterocycles. The molecule has 2 aromatic rings. The van der Waals surface area contributed by atoms with E-state index >= 15 is 0 Å². The van der Waals surface area contributed by atoms with Crippen LogP contribution in [0.4, 0.5) is 10.1 Å². The summed E-state index contributed by atoms with van der Waals surface area (Å²) in [5.74, 6) is -0.307. The quantitative estimate of drug-likeness (QED) is 0.435. The molecular weight excluding hydrogens is 351 g/mol. The number of nitro benzene ring substituents is 1. The molecule has 0 radical (unpaired) electrons. The summed E-state index contributed by atoms with van der Waals surface area (Å²) in [6.45, 7) is 0.758. The minimum Gasteiger partial charge on any atom is -0.494 e. The van der Waals surface area contributed by atoms with Crippen molar-refractivity contribution in [1.82, 2.24) is 5.32 Å². The number of halogens is 2. The van der Waals surface area contributed by atoms with E-state index in [-0.39, 0.29) is 22.1 Å². The van der Waals surface area contributed by atoms with Crippen molar-refractivity contribution in [2.75, 3.05) is 13.2 Å². The van der Waals surface area contributed by atoms with Crippen molar-refractivity contribution in [2.45, 2.75) is 12.8 Å². The fraction of sp³-hybridized carbons (Fsp3) is 0.235. The van der Waals surface area contributed by atoms with E-state index in [1.54, 1.807) is 0 Å². The highest BCUT2D eigenvalue weighted by atomic mass is 35.5. The van der Waals surface area contributed by atoms with Gasteiger partial charge in [-0.25, -0.2) is 4.39 Å². The van der Waals surface area contributed by atoms with Gasteiger partial charge in [0.1, 0.15) is 17.1 Å². The molecule has 2 rings (SSSR count). The summed E-state index contributed by atoms with van der Waals surface area (Å²) in [7, 11) is 0. The molecule has 0 spiro atoms. The van der Waals surface area contributed by atoms with Crippen molar-refractivity contribution in [3.05, 3.63) is 69.0 Å². The standard InChI is InChI=1S/C17H16ClFN2O4/c18-12-3-8-16(21(23)24)15(11-12)17(22)20-9-1-2-10-25-14-6-4-13(19)5-7-14/h3-8,11H,1-2,9-10H2,(H,20,22).